The van der Waals surface area contributed by atoms with Gasteiger partial charge in [-0.05, 0) is 25.8 Å². The lowest BCUT2D eigenvalue weighted by atomic mass is 10.2. The van der Waals surface area contributed by atoms with Crippen LogP contribution in [0, 0.1) is 13.8 Å². The van der Waals surface area contributed by atoms with Crippen LogP contribution < -0.4 is 10.9 Å². The predicted molar refractivity (Wildman–Crippen MR) is 107 cm³/mol. The quantitative estimate of drug-likeness (QED) is 0.844. The second-order valence-corrected chi connectivity index (χ2v) is 8.73. The van der Waals surface area contributed by atoms with Gasteiger partial charge in [0.15, 0.2) is 0 Å². The lowest BCUT2D eigenvalue weighted by Crippen LogP contribution is -2.49. The lowest BCUT2D eigenvalue weighted by molar-refractivity contribution is -0.130. The number of likely N-dealkylation sites (tertiary alicyclic amines) is 1. The Bertz CT molecular complexity index is 899. The second kappa shape index (κ2) is 7.69. The highest BCUT2D eigenvalue weighted by Crippen LogP contribution is 2.25. The molecule has 0 spiro atoms. The average molecular weight is 390 g/mol. The molecule has 0 aromatic carbocycles. The summed E-state index contributed by atoms with van der Waals surface area (Å²) in [6, 6.07) is 0.480. The molecular formula is C19H27N5O2S. The number of nitrogens with zero attached hydrogens (tertiary/aromatic N) is 4. The first-order valence-corrected chi connectivity index (χ1v) is 10.5. The van der Waals surface area contributed by atoms with Crippen LogP contribution in [0.15, 0.2) is 11.1 Å². The highest BCUT2D eigenvalue weighted by atomic mass is 32.1. The van der Waals surface area contributed by atoms with E-state index in [1.807, 2.05) is 18.7 Å². The molecule has 0 saturated carbocycles. The van der Waals surface area contributed by atoms with Gasteiger partial charge in [-0.1, -0.05) is 0 Å². The number of aromatic nitrogens is 2. The molecule has 2 aromatic rings. The van der Waals surface area contributed by atoms with Crippen molar-refractivity contribution >= 4 is 27.5 Å². The summed E-state index contributed by atoms with van der Waals surface area (Å²) in [5, 5.41) is 4.08. The molecule has 0 bridgehead atoms. The van der Waals surface area contributed by atoms with Gasteiger partial charge < -0.3 is 10.2 Å². The van der Waals surface area contributed by atoms with Crippen molar-refractivity contribution in [1.29, 1.82) is 0 Å². The molecule has 2 aliphatic rings. The lowest BCUT2D eigenvalue weighted by Gasteiger charge is -2.32. The van der Waals surface area contributed by atoms with Crippen molar-refractivity contribution in [3.05, 3.63) is 27.1 Å². The summed E-state index contributed by atoms with van der Waals surface area (Å²) >= 11 is 1.55. The summed E-state index contributed by atoms with van der Waals surface area (Å²) in [4.78, 5) is 36.2. The Labute approximate surface area is 163 Å². The molecule has 1 N–H and O–H groups in total. The van der Waals surface area contributed by atoms with Crippen LogP contribution in [-0.4, -0.2) is 70.6 Å². The zero-order valence-corrected chi connectivity index (χ0v) is 16.8. The number of carbonyl (C=O) groups is 1. The maximum Gasteiger partial charge on any atom is 0.262 e. The molecule has 7 nitrogen and oxygen atoms in total. The van der Waals surface area contributed by atoms with Crippen molar-refractivity contribution in [2.24, 2.45) is 0 Å². The minimum absolute atomic E-state index is 0.0326. The number of nitrogens with one attached hydrogen (secondary N) is 1. The van der Waals surface area contributed by atoms with Crippen LogP contribution in [0.4, 0.5) is 0 Å². The molecule has 1 unspecified atom stereocenters. The highest BCUT2D eigenvalue weighted by molar-refractivity contribution is 7.18. The first kappa shape index (κ1) is 18.6. The molecule has 2 aromatic heterocycles. The van der Waals surface area contributed by atoms with Gasteiger partial charge in [-0.3, -0.25) is 19.1 Å². The largest absolute Gasteiger partial charge is 0.341 e. The van der Waals surface area contributed by atoms with Crippen molar-refractivity contribution in [2.45, 2.75) is 39.3 Å². The Morgan fingerprint density at radius 3 is 2.85 bits per heavy atom. The molecule has 1 amide bonds. The van der Waals surface area contributed by atoms with E-state index in [9.17, 15) is 9.59 Å². The van der Waals surface area contributed by atoms with Gasteiger partial charge in [-0.2, -0.15) is 0 Å². The van der Waals surface area contributed by atoms with E-state index in [2.05, 4.69) is 15.2 Å². The van der Waals surface area contributed by atoms with E-state index >= 15 is 0 Å². The standard InChI is InChI=1S/C19H27N5O2S/c1-13-14(2)27-18-17(13)19(26)24(12-21-18)8-4-16(25)23-7-3-15(11-23)22-9-5-20-6-10-22/h12,15,20H,3-11H2,1-2H3. The van der Waals surface area contributed by atoms with E-state index in [0.717, 1.165) is 61.0 Å². The number of carbonyl (C=O) groups excluding carboxylic acids is 1. The zero-order valence-electron chi connectivity index (χ0n) is 16.0. The Kier molecular flexibility index (Phi) is 5.29. The molecule has 0 aliphatic carbocycles. The van der Waals surface area contributed by atoms with E-state index in [-0.39, 0.29) is 11.5 Å². The number of thiophene rings is 1. The van der Waals surface area contributed by atoms with Crippen LogP contribution in [-0.2, 0) is 11.3 Å². The maximum absolute atomic E-state index is 12.7. The molecule has 2 saturated heterocycles. The zero-order chi connectivity index (χ0) is 19.0. The minimum Gasteiger partial charge on any atom is -0.341 e. The SMILES string of the molecule is Cc1sc2ncn(CCC(=O)N3CCC(N4CCNCC4)C3)c(=O)c2c1C. The van der Waals surface area contributed by atoms with Gasteiger partial charge in [-0.25, -0.2) is 4.98 Å². The Balaban J connectivity index is 1.38. The maximum atomic E-state index is 12.7. The molecule has 146 valence electrons. The van der Waals surface area contributed by atoms with Crippen molar-refractivity contribution in [2.75, 3.05) is 39.3 Å². The second-order valence-electron chi connectivity index (χ2n) is 7.52. The molecule has 4 rings (SSSR count). The first-order valence-electron chi connectivity index (χ1n) is 9.72. The average Bonchev–Trinajstić information content (AvgIpc) is 3.28. The molecule has 2 fully saturated rings. The number of piperazine rings is 1. The number of hydrogen-bond donors (Lipinski definition) is 1. The van der Waals surface area contributed by atoms with Crippen LogP contribution in [0.1, 0.15) is 23.3 Å². The smallest absolute Gasteiger partial charge is 0.262 e. The molecular weight excluding hydrogens is 362 g/mol. The van der Waals surface area contributed by atoms with Gasteiger partial charge in [0, 0.05) is 63.2 Å². The predicted octanol–water partition coefficient (Wildman–Crippen LogP) is 0.971. The van der Waals surface area contributed by atoms with Gasteiger partial charge in [0.1, 0.15) is 4.83 Å². The molecule has 1 atom stereocenters. The fraction of sp³-hybridized carbons (Fsp3) is 0.632. The number of rotatable bonds is 4. The summed E-state index contributed by atoms with van der Waals surface area (Å²) in [5.74, 6) is 0.137. The van der Waals surface area contributed by atoms with E-state index in [0.29, 0.717) is 24.4 Å². The fourth-order valence-electron chi connectivity index (χ4n) is 4.12. The van der Waals surface area contributed by atoms with Crippen molar-refractivity contribution in [1.82, 2.24) is 24.7 Å². The Morgan fingerprint density at radius 2 is 2.07 bits per heavy atom. The number of fused-ring (bicyclic) bond motifs is 1. The Hall–Kier alpha value is -1.77. The topological polar surface area (TPSA) is 70.5 Å². The Morgan fingerprint density at radius 1 is 1.30 bits per heavy atom. The summed E-state index contributed by atoms with van der Waals surface area (Å²) < 4.78 is 1.59. The minimum atomic E-state index is -0.0326. The van der Waals surface area contributed by atoms with Gasteiger partial charge in [0.25, 0.3) is 5.56 Å². The third kappa shape index (κ3) is 3.66. The molecule has 8 heteroatoms. The van der Waals surface area contributed by atoms with Crippen molar-refractivity contribution < 1.29 is 4.79 Å². The monoisotopic (exact) mass is 389 g/mol. The van der Waals surface area contributed by atoms with Crippen molar-refractivity contribution in [3.8, 4) is 0 Å². The number of aryl methyl sites for hydroxylation is 3. The summed E-state index contributed by atoms with van der Waals surface area (Å²) in [5.41, 5.74) is 0.973. The molecule has 27 heavy (non-hydrogen) atoms. The van der Waals surface area contributed by atoms with Crippen LogP contribution in [0.25, 0.3) is 10.2 Å². The van der Waals surface area contributed by atoms with Gasteiger partial charge in [-0.15, -0.1) is 11.3 Å². The highest BCUT2D eigenvalue weighted by Gasteiger charge is 2.30. The van der Waals surface area contributed by atoms with Gasteiger partial charge >= 0.3 is 0 Å². The van der Waals surface area contributed by atoms with Crippen molar-refractivity contribution in [3.63, 3.8) is 0 Å². The van der Waals surface area contributed by atoms with Crippen LogP contribution in [0.5, 0.6) is 0 Å². The van der Waals surface area contributed by atoms with Crippen LogP contribution >= 0.6 is 11.3 Å². The normalized spacial score (nSPS) is 21.3. The van der Waals surface area contributed by atoms with E-state index < -0.39 is 0 Å². The van der Waals surface area contributed by atoms with Crippen LogP contribution in [0.2, 0.25) is 0 Å². The van der Waals surface area contributed by atoms with E-state index in [1.165, 1.54) is 0 Å². The third-order valence-electron chi connectivity index (χ3n) is 5.91. The fourth-order valence-corrected chi connectivity index (χ4v) is 5.10. The molecule has 2 aliphatic heterocycles. The summed E-state index contributed by atoms with van der Waals surface area (Å²) in [6.45, 7) is 10.2. The summed E-state index contributed by atoms with van der Waals surface area (Å²) in [7, 11) is 0. The summed E-state index contributed by atoms with van der Waals surface area (Å²) in [6.07, 6.45) is 2.98. The van der Waals surface area contributed by atoms with E-state index in [4.69, 9.17) is 0 Å². The number of amides is 1. The number of hydrogen-bond acceptors (Lipinski definition) is 6. The van der Waals surface area contributed by atoms with Crippen LogP contribution in [0.3, 0.4) is 0 Å². The van der Waals surface area contributed by atoms with E-state index in [1.54, 1.807) is 22.2 Å². The molecule has 4 heterocycles. The first-order chi connectivity index (χ1) is 13.0. The van der Waals surface area contributed by atoms with Gasteiger partial charge in [0.05, 0.1) is 11.7 Å². The van der Waals surface area contributed by atoms with Gasteiger partial charge in [0.2, 0.25) is 5.91 Å². The third-order valence-corrected chi connectivity index (χ3v) is 7.02. The molecule has 0 radical (unpaired) electrons.